The van der Waals surface area contributed by atoms with E-state index in [1.165, 1.54) is 231 Å². The lowest BCUT2D eigenvalue weighted by atomic mass is 10.0. The van der Waals surface area contributed by atoms with Gasteiger partial charge in [-0.25, -0.2) is 0 Å². The highest BCUT2D eigenvalue weighted by Gasteiger charge is 2.18. The van der Waals surface area contributed by atoms with Crippen LogP contribution in [0, 0.1) is 0 Å². The molecule has 6 heteroatoms. The van der Waals surface area contributed by atoms with Crippen molar-refractivity contribution in [2.24, 2.45) is 0 Å². The van der Waals surface area contributed by atoms with Crippen molar-refractivity contribution in [3.8, 4) is 0 Å². The molecule has 0 aliphatic carbocycles. The van der Waals surface area contributed by atoms with Crippen LogP contribution in [0.4, 0.5) is 0 Å². The predicted molar refractivity (Wildman–Crippen MR) is 306 cm³/mol. The van der Waals surface area contributed by atoms with E-state index in [9.17, 15) is 19.8 Å². The van der Waals surface area contributed by atoms with Gasteiger partial charge in [-0.1, -0.05) is 268 Å². The van der Waals surface area contributed by atoms with Crippen molar-refractivity contribution < 1.29 is 24.5 Å². The maximum absolute atomic E-state index is 12.5. The lowest BCUT2D eigenvalue weighted by Gasteiger charge is -2.20. The minimum absolute atomic E-state index is 0.00173. The van der Waals surface area contributed by atoms with E-state index in [0.717, 1.165) is 64.2 Å². The van der Waals surface area contributed by atoms with Crippen LogP contribution in [0.3, 0.4) is 0 Å². The Kier molecular flexibility index (Phi) is 57.5. The Labute approximate surface area is 436 Å². The Morgan fingerprint density at radius 3 is 1.10 bits per heavy atom. The van der Waals surface area contributed by atoms with Gasteiger partial charge in [0.05, 0.1) is 25.4 Å². The van der Waals surface area contributed by atoms with E-state index in [0.29, 0.717) is 19.4 Å². The van der Waals surface area contributed by atoms with Crippen LogP contribution in [-0.2, 0) is 14.3 Å². The number of aliphatic hydroxyl groups excluding tert-OH is 2. The van der Waals surface area contributed by atoms with E-state index in [1.807, 2.05) is 6.08 Å². The number of aliphatic hydroxyl groups is 2. The fourth-order valence-electron chi connectivity index (χ4n) is 9.31. The SMILES string of the molecule is CCCCCCCC/C=C\CCCCCCCC(=O)OCCCCCCCCCCC/C=C\C/C=C\CCCCCCCCCC(=O)NC(CO)C(O)/C=C/CCCCCCCCCCCCCCC. The minimum Gasteiger partial charge on any atom is -0.466 e. The molecule has 70 heavy (non-hydrogen) atoms. The topological polar surface area (TPSA) is 95.9 Å². The molecule has 0 aromatic rings. The van der Waals surface area contributed by atoms with Crippen LogP contribution in [0.25, 0.3) is 0 Å². The maximum Gasteiger partial charge on any atom is 0.305 e. The van der Waals surface area contributed by atoms with E-state index in [2.05, 4.69) is 55.6 Å². The average Bonchev–Trinajstić information content (AvgIpc) is 3.36. The van der Waals surface area contributed by atoms with Crippen LogP contribution in [-0.4, -0.2) is 47.4 Å². The largest absolute Gasteiger partial charge is 0.466 e. The van der Waals surface area contributed by atoms with Crippen molar-refractivity contribution in [3.63, 3.8) is 0 Å². The standard InChI is InChI=1S/C64H119NO5/c1-3-5-7-9-11-13-15-17-28-32-36-40-44-48-52-56-62(67)61(60-66)65-63(68)57-53-49-45-41-37-33-30-26-24-22-20-19-21-23-25-27-31-35-39-43-47-51-55-59-70-64(69)58-54-50-46-42-38-34-29-18-16-14-12-10-8-6-4-2/h18-19,21-22,24,29,52,56,61-62,66-67H,3-17,20,23,25-28,30-51,53-55,57-60H2,1-2H3,(H,65,68)/b21-19-,24-22-,29-18-,56-52+. The Bertz CT molecular complexity index is 1180. The predicted octanol–water partition coefficient (Wildman–Crippen LogP) is 19.4. The van der Waals surface area contributed by atoms with Gasteiger partial charge in [0.2, 0.25) is 5.91 Å². The van der Waals surface area contributed by atoms with Gasteiger partial charge >= 0.3 is 5.97 Å². The summed E-state index contributed by atoms with van der Waals surface area (Å²) < 4.78 is 5.48. The fourth-order valence-corrected chi connectivity index (χ4v) is 9.31. The summed E-state index contributed by atoms with van der Waals surface area (Å²) in [6.07, 6.45) is 75.7. The highest BCUT2D eigenvalue weighted by molar-refractivity contribution is 5.76. The Morgan fingerprint density at radius 1 is 0.400 bits per heavy atom. The molecule has 0 bridgehead atoms. The molecule has 0 saturated carbocycles. The summed E-state index contributed by atoms with van der Waals surface area (Å²) in [4.78, 5) is 24.5. The average molecular weight is 983 g/mol. The van der Waals surface area contributed by atoms with Gasteiger partial charge in [0.15, 0.2) is 0 Å². The number of ether oxygens (including phenoxy) is 1. The summed E-state index contributed by atoms with van der Waals surface area (Å²) in [7, 11) is 0. The van der Waals surface area contributed by atoms with Crippen molar-refractivity contribution >= 4 is 11.9 Å². The van der Waals surface area contributed by atoms with Crippen LogP contribution in [0.5, 0.6) is 0 Å². The van der Waals surface area contributed by atoms with E-state index in [-0.39, 0.29) is 18.5 Å². The summed E-state index contributed by atoms with van der Waals surface area (Å²) in [6.45, 7) is 4.89. The molecule has 0 saturated heterocycles. The zero-order valence-electron chi connectivity index (χ0n) is 46.7. The molecule has 3 N–H and O–H groups in total. The number of hydrogen-bond donors (Lipinski definition) is 3. The number of rotatable bonds is 57. The molecule has 1 amide bonds. The number of carbonyl (C=O) groups excluding carboxylic acids is 2. The molecule has 6 nitrogen and oxygen atoms in total. The second kappa shape index (κ2) is 59.4. The Hall–Kier alpha value is -2.18. The second-order valence-electron chi connectivity index (χ2n) is 21.0. The van der Waals surface area contributed by atoms with Gasteiger partial charge in [-0.3, -0.25) is 9.59 Å². The molecule has 0 aliphatic rings. The van der Waals surface area contributed by atoms with E-state index >= 15 is 0 Å². The van der Waals surface area contributed by atoms with Crippen molar-refractivity contribution in [2.45, 2.75) is 334 Å². The van der Waals surface area contributed by atoms with Crippen molar-refractivity contribution in [1.29, 1.82) is 0 Å². The molecule has 0 fully saturated rings. The highest BCUT2D eigenvalue weighted by Crippen LogP contribution is 2.16. The molecule has 0 radical (unpaired) electrons. The van der Waals surface area contributed by atoms with Crippen LogP contribution in [0.2, 0.25) is 0 Å². The molecule has 2 atom stereocenters. The Morgan fingerprint density at radius 2 is 0.714 bits per heavy atom. The lowest BCUT2D eigenvalue weighted by molar-refractivity contribution is -0.143. The molecule has 0 rings (SSSR count). The van der Waals surface area contributed by atoms with Crippen LogP contribution in [0.15, 0.2) is 48.6 Å². The van der Waals surface area contributed by atoms with Gasteiger partial charge in [0.1, 0.15) is 0 Å². The third-order valence-electron chi connectivity index (χ3n) is 14.1. The molecule has 2 unspecified atom stereocenters. The van der Waals surface area contributed by atoms with E-state index < -0.39 is 12.1 Å². The summed E-state index contributed by atoms with van der Waals surface area (Å²) in [5.41, 5.74) is 0. The fraction of sp³-hybridized carbons (Fsp3) is 0.844. The molecular formula is C64H119NO5. The maximum atomic E-state index is 12.5. The number of nitrogens with one attached hydrogen (secondary N) is 1. The number of unbranched alkanes of at least 4 members (excludes halogenated alkanes) is 40. The van der Waals surface area contributed by atoms with Gasteiger partial charge < -0.3 is 20.3 Å². The van der Waals surface area contributed by atoms with Crippen LogP contribution in [0.1, 0.15) is 322 Å². The zero-order chi connectivity index (χ0) is 50.7. The first-order valence-corrected chi connectivity index (χ1v) is 30.9. The third kappa shape index (κ3) is 55.1. The number of allylic oxidation sites excluding steroid dienone is 7. The normalized spacial score (nSPS) is 12.9. The summed E-state index contributed by atoms with van der Waals surface area (Å²) in [6, 6.07) is -0.636. The first kappa shape index (κ1) is 67.8. The highest BCUT2D eigenvalue weighted by atomic mass is 16.5. The van der Waals surface area contributed by atoms with E-state index in [1.54, 1.807) is 6.08 Å². The van der Waals surface area contributed by atoms with Gasteiger partial charge in [-0.05, 0) is 89.9 Å². The first-order chi connectivity index (χ1) is 34.5. The smallest absolute Gasteiger partial charge is 0.305 e. The van der Waals surface area contributed by atoms with Gasteiger partial charge in [0.25, 0.3) is 0 Å². The van der Waals surface area contributed by atoms with Crippen molar-refractivity contribution in [2.75, 3.05) is 13.2 Å². The van der Waals surface area contributed by atoms with E-state index in [4.69, 9.17) is 4.74 Å². The lowest BCUT2D eigenvalue weighted by Crippen LogP contribution is -2.45. The van der Waals surface area contributed by atoms with Gasteiger partial charge in [-0.15, -0.1) is 0 Å². The number of esters is 1. The molecule has 410 valence electrons. The number of amides is 1. The second-order valence-corrected chi connectivity index (χ2v) is 21.0. The third-order valence-corrected chi connectivity index (χ3v) is 14.1. The first-order valence-electron chi connectivity index (χ1n) is 30.9. The van der Waals surface area contributed by atoms with Gasteiger partial charge in [0, 0.05) is 12.8 Å². The molecule has 0 aromatic heterocycles. The quantitative estimate of drug-likeness (QED) is 0.0321. The van der Waals surface area contributed by atoms with Crippen molar-refractivity contribution in [3.05, 3.63) is 48.6 Å². The minimum atomic E-state index is -0.852. The molecular weight excluding hydrogens is 863 g/mol. The molecule has 0 aliphatic heterocycles. The number of carbonyl (C=O) groups is 2. The summed E-state index contributed by atoms with van der Waals surface area (Å²) in [5.74, 6) is -0.0798. The molecule has 0 aromatic carbocycles. The monoisotopic (exact) mass is 982 g/mol. The zero-order valence-corrected chi connectivity index (χ0v) is 46.7. The Balaban J connectivity index is 3.48. The summed E-state index contributed by atoms with van der Waals surface area (Å²) in [5, 5.41) is 23.1. The van der Waals surface area contributed by atoms with Gasteiger partial charge in [-0.2, -0.15) is 0 Å². The van der Waals surface area contributed by atoms with Crippen molar-refractivity contribution in [1.82, 2.24) is 5.32 Å². The molecule has 0 heterocycles. The molecule has 0 spiro atoms. The van der Waals surface area contributed by atoms with Crippen LogP contribution >= 0.6 is 0 Å². The van der Waals surface area contributed by atoms with Crippen LogP contribution < -0.4 is 5.32 Å². The number of hydrogen-bond acceptors (Lipinski definition) is 5. The summed E-state index contributed by atoms with van der Waals surface area (Å²) >= 11 is 0.